The molecule has 0 spiro atoms. The van der Waals surface area contributed by atoms with Gasteiger partial charge in [-0.05, 0) is 53.9 Å². The molecule has 7 heteroatoms. The van der Waals surface area contributed by atoms with Gasteiger partial charge < -0.3 is 5.32 Å². The molecule has 0 aromatic heterocycles. The van der Waals surface area contributed by atoms with Crippen molar-refractivity contribution in [2.75, 3.05) is 5.32 Å². The first kappa shape index (κ1) is 19.8. The number of benzene rings is 3. The van der Waals surface area contributed by atoms with Crippen molar-refractivity contribution in [3.05, 3.63) is 95.6 Å². The minimum Gasteiger partial charge on any atom is -0.325 e. The highest BCUT2D eigenvalue weighted by Gasteiger charge is 2.39. The highest BCUT2D eigenvalue weighted by molar-refractivity contribution is 7.89. The van der Waals surface area contributed by atoms with E-state index in [2.05, 4.69) is 5.32 Å². The van der Waals surface area contributed by atoms with Gasteiger partial charge in [0.05, 0.1) is 16.5 Å². The Labute approximate surface area is 175 Å². The Bertz CT molecular complexity index is 1220. The zero-order chi connectivity index (χ0) is 21.1. The average molecular weight is 417 g/mol. The SMILES string of the molecule is N#Cc1ccc(NC(=O)[C@@H]2Cc3ccccc3CN2S(=O)(=O)c2ccccc2)cc1. The number of nitrogens with zero attached hydrogens (tertiary/aromatic N) is 2. The predicted molar refractivity (Wildman–Crippen MR) is 113 cm³/mol. The average Bonchev–Trinajstić information content (AvgIpc) is 2.79. The highest BCUT2D eigenvalue weighted by Crippen LogP contribution is 2.29. The minimum absolute atomic E-state index is 0.124. The Kier molecular flexibility index (Phi) is 5.36. The lowest BCUT2D eigenvalue weighted by Gasteiger charge is -2.35. The molecule has 0 saturated carbocycles. The van der Waals surface area contributed by atoms with Gasteiger partial charge in [-0.1, -0.05) is 42.5 Å². The van der Waals surface area contributed by atoms with E-state index in [9.17, 15) is 13.2 Å². The van der Waals surface area contributed by atoms with Crippen LogP contribution in [0, 0.1) is 11.3 Å². The van der Waals surface area contributed by atoms with Gasteiger partial charge in [0, 0.05) is 12.2 Å². The standard InChI is InChI=1S/C23H19N3O3S/c24-15-17-10-12-20(13-11-17)25-23(27)22-14-18-6-4-5-7-19(18)16-26(22)30(28,29)21-8-2-1-3-9-21/h1-13,22H,14,16H2,(H,25,27)/t22-/m0/s1. The molecule has 0 aliphatic carbocycles. The maximum atomic E-state index is 13.4. The number of anilines is 1. The van der Waals surface area contributed by atoms with Crippen LogP contribution in [0.2, 0.25) is 0 Å². The molecule has 0 fully saturated rings. The van der Waals surface area contributed by atoms with E-state index in [1.54, 1.807) is 42.5 Å². The van der Waals surface area contributed by atoms with Crippen molar-refractivity contribution < 1.29 is 13.2 Å². The monoisotopic (exact) mass is 417 g/mol. The molecule has 0 bridgehead atoms. The lowest BCUT2D eigenvalue weighted by molar-refractivity contribution is -0.120. The van der Waals surface area contributed by atoms with E-state index in [1.807, 2.05) is 30.3 Å². The van der Waals surface area contributed by atoms with Crippen LogP contribution in [-0.2, 0) is 27.8 Å². The van der Waals surface area contributed by atoms with Gasteiger partial charge in [0.25, 0.3) is 0 Å². The van der Waals surface area contributed by atoms with E-state index in [-0.39, 0.29) is 17.9 Å². The molecule has 150 valence electrons. The topological polar surface area (TPSA) is 90.3 Å². The summed E-state index contributed by atoms with van der Waals surface area (Å²) in [6, 6.07) is 23.3. The molecular weight excluding hydrogens is 398 g/mol. The van der Waals surface area contributed by atoms with Gasteiger partial charge in [-0.15, -0.1) is 0 Å². The first-order chi connectivity index (χ1) is 14.5. The van der Waals surface area contributed by atoms with E-state index in [1.165, 1.54) is 16.4 Å². The lowest BCUT2D eigenvalue weighted by Crippen LogP contribution is -2.50. The molecule has 3 aromatic rings. The van der Waals surface area contributed by atoms with Gasteiger partial charge in [-0.3, -0.25) is 4.79 Å². The molecule has 0 radical (unpaired) electrons. The summed E-state index contributed by atoms with van der Waals surface area (Å²) < 4.78 is 28.0. The molecule has 6 nitrogen and oxygen atoms in total. The Morgan fingerprint density at radius 1 is 0.933 bits per heavy atom. The van der Waals surface area contributed by atoms with Gasteiger partial charge in [-0.25, -0.2) is 8.42 Å². The van der Waals surface area contributed by atoms with E-state index in [4.69, 9.17) is 5.26 Å². The fraction of sp³-hybridized carbons (Fsp3) is 0.130. The third-order valence-electron chi connectivity index (χ3n) is 5.14. The molecule has 0 saturated heterocycles. The molecular formula is C23H19N3O3S. The quantitative estimate of drug-likeness (QED) is 0.705. The molecule has 1 aliphatic heterocycles. The maximum absolute atomic E-state index is 13.4. The highest BCUT2D eigenvalue weighted by atomic mass is 32.2. The maximum Gasteiger partial charge on any atom is 0.244 e. The zero-order valence-electron chi connectivity index (χ0n) is 16.0. The predicted octanol–water partition coefficient (Wildman–Crippen LogP) is 3.31. The number of nitrogens with one attached hydrogen (secondary N) is 1. The van der Waals surface area contributed by atoms with Crippen LogP contribution in [-0.4, -0.2) is 24.7 Å². The van der Waals surface area contributed by atoms with E-state index < -0.39 is 22.0 Å². The smallest absolute Gasteiger partial charge is 0.244 e. The second-order valence-electron chi connectivity index (χ2n) is 7.03. The Balaban J connectivity index is 1.69. The van der Waals surface area contributed by atoms with E-state index >= 15 is 0 Å². The van der Waals surface area contributed by atoms with Crippen molar-refractivity contribution >= 4 is 21.6 Å². The third kappa shape index (κ3) is 3.83. The number of sulfonamides is 1. The normalized spacial score (nSPS) is 16.3. The number of carbonyl (C=O) groups is 1. The van der Waals surface area contributed by atoms with Crippen LogP contribution >= 0.6 is 0 Å². The van der Waals surface area contributed by atoms with Crippen LogP contribution in [0.3, 0.4) is 0 Å². The summed E-state index contributed by atoms with van der Waals surface area (Å²) in [5.74, 6) is -0.409. The van der Waals surface area contributed by atoms with Crippen molar-refractivity contribution in [3.63, 3.8) is 0 Å². The van der Waals surface area contributed by atoms with Crippen LogP contribution in [0.5, 0.6) is 0 Å². The molecule has 1 aliphatic rings. The van der Waals surface area contributed by atoms with Crippen molar-refractivity contribution in [3.8, 4) is 6.07 Å². The Morgan fingerprint density at radius 3 is 2.23 bits per heavy atom. The number of carbonyl (C=O) groups excluding carboxylic acids is 1. The molecule has 30 heavy (non-hydrogen) atoms. The van der Waals surface area contributed by atoms with Crippen LogP contribution in [0.25, 0.3) is 0 Å². The molecule has 1 atom stereocenters. The Hall–Kier alpha value is -3.47. The Morgan fingerprint density at radius 2 is 1.57 bits per heavy atom. The van der Waals surface area contributed by atoms with Crippen LogP contribution in [0.1, 0.15) is 16.7 Å². The fourth-order valence-corrected chi connectivity index (χ4v) is 5.14. The fourth-order valence-electron chi connectivity index (χ4n) is 3.56. The van der Waals surface area contributed by atoms with Crippen molar-refractivity contribution in [1.82, 2.24) is 4.31 Å². The summed E-state index contributed by atoms with van der Waals surface area (Å²) in [7, 11) is -3.87. The van der Waals surface area contributed by atoms with Crippen LogP contribution in [0.4, 0.5) is 5.69 Å². The van der Waals surface area contributed by atoms with Crippen LogP contribution < -0.4 is 5.32 Å². The molecule has 0 unspecified atom stereocenters. The zero-order valence-corrected chi connectivity index (χ0v) is 16.8. The molecule has 1 amide bonds. The summed E-state index contributed by atoms with van der Waals surface area (Å²) in [5, 5.41) is 11.7. The first-order valence-corrected chi connectivity index (χ1v) is 10.9. The number of fused-ring (bicyclic) bond motifs is 1. The third-order valence-corrected chi connectivity index (χ3v) is 7.01. The van der Waals surface area contributed by atoms with Crippen molar-refractivity contribution in [1.29, 1.82) is 5.26 Å². The second kappa shape index (κ2) is 8.11. The lowest BCUT2D eigenvalue weighted by atomic mass is 9.95. The molecule has 1 heterocycles. The summed E-state index contributed by atoms with van der Waals surface area (Å²) in [6.07, 6.45) is 0.282. The van der Waals surface area contributed by atoms with E-state index in [0.717, 1.165) is 11.1 Å². The van der Waals surface area contributed by atoms with Gasteiger partial charge in [0.1, 0.15) is 6.04 Å². The van der Waals surface area contributed by atoms with Crippen molar-refractivity contribution in [2.45, 2.75) is 23.9 Å². The largest absolute Gasteiger partial charge is 0.325 e. The number of amides is 1. The van der Waals surface area contributed by atoms with Gasteiger partial charge in [-0.2, -0.15) is 9.57 Å². The molecule has 1 N–H and O–H groups in total. The molecule has 3 aromatic carbocycles. The summed E-state index contributed by atoms with van der Waals surface area (Å²) >= 11 is 0. The summed E-state index contributed by atoms with van der Waals surface area (Å²) in [5.41, 5.74) is 2.83. The number of hydrogen-bond donors (Lipinski definition) is 1. The van der Waals surface area contributed by atoms with Gasteiger partial charge in [0.15, 0.2) is 0 Å². The summed E-state index contributed by atoms with van der Waals surface area (Å²) in [4.78, 5) is 13.3. The minimum atomic E-state index is -3.87. The van der Waals surface area contributed by atoms with Gasteiger partial charge in [0.2, 0.25) is 15.9 Å². The summed E-state index contributed by atoms with van der Waals surface area (Å²) in [6.45, 7) is 0.124. The van der Waals surface area contributed by atoms with E-state index in [0.29, 0.717) is 11.3 Å². The first-order valence-electron chi connectivity index (χ1n) is 9.44. The number of nitriles is 1. The molecule has 4 rings (SSSR count). The number of hydrogen-bond acceptors (Lipinski definition) is 4. The number of rotatable bonds is 4. The van der Waals surface area contributed by atoms with Gasteiger partial charge >= 0.3 is 0 Å². The second-order valence-corrected chi connectivity index (χ2v) is 8.92. The van der Waals surface area contributed by atoms with Crippen molar-refractivity contribution in [2.24, 2.45) is 0 Å². The van der Waals surface area contributed by atoms with Crippen LogP contribution in [0.15, 0.2) is 83.8 Å².